The van der Waals surface area contributed by atoms with Crippen LogP contribution in [0.5, 0.6) is 5.75 Å². The molecule has 0 heterocycles. The Morgan fingerprint density at radius 3 is 2.39 bits per heavy atom. The lowest BCUT2D eigenvalue weighted by Crippen LogP contribution is -2.19. The first-order valence-corrected chi connectivity index (χ1v) is 7.38. The molecule has 2 rings (SSSR count). The number of carbonyl (C=O) groups is 1. The summed E-state index contributed by atoms with van der Waals surface area (Å²) in [4.78, 5) is 11.3. The van der Waals surface area contributed by atoms with Crippen molar-refractivity contribution in [3.63, 3.8) is 0 Å². The molecule has 2 N–H and O–H groups in total. The second-order valence-corrected chi connectivity index (χ2v) is 5.03. The van der Waals surface area contributed by atoms with Crippen molar-refractivity contribution in [2.75, 3.05) is 7.11 Å². The van der Waals surface area contributed by atoms with E-state index in [1.165, 1.54) is 0 Å². The highest BCUT2D eigenvalue weighted by Gasteiger charge is 2.09. The average Bonchev–Trinajstić information content (AvgIpc) is 2.59. The molecule has 0 aliphatic heterocycles. The molecule has 0 spiro atoms. The molecule has 5 heteroatoms. The highest BCUT2D eigenvalue weighted by Crippen LogP contribution is 2.11. The van der Waals surface area contributed by atoms with Gasteiger partial charge in [-0.2, -0.15) is 5.10 Å². The maximum absolute atomic E-state index is 11.3. The summed E-state index contributed by atoms with van der Waals surface area (Å²) in [5, 5.41) is 13.2. The maximum atomic E-state index is 11.3. The summed E-state index contributed by atoms with van der Waals surface area (Å²) in [6.45, 7) is 0.464. The van der Waals surface area contributed by atoms with Crippen LogP contribution in [0.1, 0.15) is 17.5 Å². The van der Waals surface area contributed by atoms with Crippen LogP contribution in [-0.4, -0.2) is 23.9 Å². The monoisotopic (exact) mass is 312 g/mol. The normalized spacial score (nSPS) is 11.1. The Morgan fingerprint density at radius 2 is 1.78 bits per heavy atom. The van der Waals surface area contributed by atoms with Crippen LogP contribution < -0.4 is 10.2 Å². The van der Waals surface area contributed by atoms with E-state index in [0.717, 1.165) is 16.9 Å². The Bertz CT molecular complexity index is 652. The Hall–Kier alpha value is -2.82. The number of nitrogens with one attached hydrogen (secondary N) is 1. The summed E-state index contributed by atoms with van der Waals surface area (Å²) in [6.07, 6.45) is 1.03. The number of hydrazone groups is 1. The van der Waals surface area contributed by atoms with Gasteiger partial charge in [0, 0.05) is 6.42 Å². The van der Waals surface area contributed by atoms with Crippen LogP contribution in [-0.2, 0) is 17.8 Å². The molecule has 0 unspecified atom stereocenters. The third-order valence-electron chi connectivity index (χ3n) is 3.40. The molecular weight excluding hydrogens is 292 g/mol. The van der Waals surface area contributed by atoms with E-state index < -0.39 is 5.97 Å². The van der Waals surface area contributed by atoms with Crippen molar-refractivity contribution >= 4 is 11.7 Å². The van der Waals surface area contributed by atoms with Crippen LogP contribution in [0.2, 0.25) is 0 Å². The van der Waals surface area contributed by atoms with Gasteiger partial charge in [0.15, 0.2) is 0 Å². The van der Waals surface area contributed by atoms with E-state index in [1.54, 1.807) is 7.11 Å². The van der Waals surface area contributed by atoms with Gasteiger partial charge < -0.3 is 15.3 Å². The second-order valence-electron chi connectivity index (χ2n) is 5.03. The van der Waals surface area contributed by atoms with E-state index in [-0.39, 0.29) is 5.71 Å². The van der Waals surface area contributed by atoms with Gasteiger partial charge in [0.05, 0.1) is 13.7 Å². The standard InChI is InChI=1S/C18H20N2O3/c1-23-16-10-7-15(8-11-16)13-19-20-17(18(21)22)12-9-14-5-3-2-4-6-14/h2-8,10-11,19H,9,12-13H2,1H3,(H,21,22). The first-order chi connectivity index (χ1) is 11.2. The van der Waals surface area contributed by atoms with Crippen molar-refractivity contribution in [1.29, 1.82) is 0 Å². The molecular formula is C18H20N2O3. The van der Waals surface area contributed by atoms with Gasteiger partial charge in [-0.3, -0.25) is 0 Å². The molecule has 2 aromatic rings. The van der Waals surface area contributed by atoms with Gasteiger partial charge in [0.25, 0.3) is 0 Å². The minimum atomic E-state index is -0.997. The Balaban J connectivity index is 1.89. The fourth-order valence-corrected chi connectivity index (χ4v) is 2.09. The second kappa shape index (κ2) is 8.58. The van der Waals surface area contributed by atoms with Crippen LogP contribution in [0.4, 0.5) is 0 Å². The third kappa shape index (κ3) is 5.47. The van der Waals surface area contributed by atoms with E-state index in [0.29, 0.717) is 19.4 Å². The summed E-state index contributed by atoms with van der Waals surface area (Å²) in [5.74, 6) is -0.213. The highest BCUT2D eigenvalue weighted by molar-refractivity contribution is 6.35. The van der Waals surface area contributed by atoms with Crippen LogP contribution in [0.25, 0.3) is 0 Å². The molecule has 2 aromatic carbocycles. The maximum Gasteiger partial charge on any atom is 0.352 e. The van der Waals surface area contributed by atoms with Crippen molar-refractivity contribution in [3.8, 4) is 5.75 Å². The van der Waals surface area contributed by atoms with Gasteiger partial charge in [0.2, 0.25) is 0 Å². The number of aliphatic carboxylic acids is 1. The Kier molecular flexibility index (Phi) is 6.17. The van der Waals surface area contributed by atoms with Crippen LogP contribution >= 0.6 is 0 Å². The number of hydrogen-bond acceptors (Lipinski definition) is 4. The number of carboxylic acids is 1. The summed E-state index contributed by atoms with van der Waals surface area (Å²) < 4.78 is 5.09. The molecule has 23 heavy (non-hydrogen) atoms. The largest absolute Gasteiger partial charge is 0.497 e. The lowest BCUT2D eigenvalue weighted by atomic mass is 10.1. The summed E-state index contributed by atoms with van der Waals surface area (Å²) in [7, 11) is 1.61. The van der Waals surface area contributed by atoms with Crippen LogP contribution in [0.3, 0.4) is 0 Å². The minimum absolute atomic E-state index is 0.127. The van der Waals surface area contributed by atoms with Gasteiger partial charge in [-0.05, 0) is 29.7 Å². The number of rotatable bonds is 8. The van der Waals surface area contributed by atoms with Crippen molar-refractivity contribution in [3.05, 3.63) is 65.7 Å². The van der Waals surface area contributed by atoms with E-state index in [1.807, 2.05) is 54.6 Å². The molecule has 0 saturated heterocycles. The van der Waals surface area contributed by atoms with E-state index in [9.17, 15) is 9.90 Å². The van der Waals surface area contributed by atoms with Gasteiger partial charge in [-0.25, -0.2) is 4.79 Å². The topological polar surface area (TPSA) is 70.9 Å². The van der Waals surface area contributed by atoms with Crippen molar-refractivity contribution in [2.24, 2.45) is 5.10 Å². The SMILES string of the molecule is COc1ccc(CNN=C(CCc2ccccc2)C(=O)O)cc1. The van der Waals surface area contributed by atoms with Crippen molar-refractivity contribution in [1.82, 2.24) is 5.43 Å². The number of aryl methyl sites for hydroxylation is 1. The quantitative estimate of drug-likeness (QED) is 0.581. The zero-order valence-electron chi connectivity index (χ0n) is 13.0. The van der Waals surface area contributed by atoms with Crippen molar-refractivity contribution < 1.29 is 14.6 Å². The van der Waals surface area contributed by atoms with E-state index >= 15 is 0 Å². The molecule has 0 aliphatic carbocycles. The van der Waals surface area contributed by atoms with Gasteiger partial charge in [0.1, 0.15) is 11.5 Å². The van der Waals surface area contributed by atoms with Crippen LogP contribution in [0, 0.1) is 0 Å². The Morgan fingerprint density at radius 1 is 1.09 bits per heavy atom. The molecule has 0 aliphatic rings. The smallest absolute Gasteiger partial charge is 0.352 e. The number of benzene rings is 2. The number of nitrogens with zero attached hydrogens (tertiary/aromatic N) is 1. The zero-order valence-corrected chi connectivity index (χ0v) is 13.0. The van der Waals surface area contributed by atoms with Gasteiger partial charge in [-0.1, -0.05) is 42.5 Å². The average molecular weight is 312 g/mol. The highest BCUT2D eigenvalue weighted by atomic mass is 16.5. The molecule has 0 fully saturated rings. The number of ether oxygens (including phenoxy) is 1. The minimum Gasteiger partial charge on any atom is -0.497 e. The van der Waals surface area contributed by atoms with Gasteiger partial charge in [-0.15, -0.1) is 0 Å². The fourth-order valence-electron chi connectivity index (χ4n) is 2.09. The lowest BCUT2D eigenvalue weighted by Gasteiger charge is -2.06. The van der Waals surface area contributed by atoms with Crippen molar-refractivity contribution in [2.45, 2.75) is 19.4 Å². The lowest BCUT2D eigenvalue weighted by molar-refractivity contribution is -0.129. The molecule has 120 valence electrons. The molecule has 0 amide bonds. The van der Waals surface area contributed by atoms with Crippen LogP contribution in [0.15, 0.2) is 59.7 Å². The first kappa shape index (κ1) is 16.5. The number of carboxylic acid groups (broad SMARTS) is 1. The molecule has 0 aromatic heterocycles. The molecule has 0 bridgehead atoms. The summed E-state index contributed by atoms with van der Waals surface area (Å²) >= 11 is 0. The molecule has 0 radical (unpaired) electrons. The first-order valence-electron chi connectivity index (χ1n) is 7.38. The number of methoxy groups -OCH3 is 1. The van der Waals surface area contributed by atoms with E-state index in [4.69, 9.17) is 4.74 Å². The fraction of sp³-hybridized carbons (Fsp3) is 0.222. The third-order valence-corrected chi connectivity index (χ3v) is 3.40. The number of hydrogen-bond donors (Lipinski definition) is 2. The predicted molar refractivity (Wildman–Crippen MR) is 89.7 cm³/mol. The molecule has 0 saturated carbocycles. The van der Waals surface area contributed by atoms with Gasteiger partial charge >= 0.3 is 5.97 Å². The van der Waals surface area contributed by atoms with E-state index in [2.05, 4.69) is 10.5 Å². The predicted octanol–water partition coefficient (Wildman–Crippen LogP) is 2.86. The zero-order chi connectivity index (χ0) is 16.5. The molecule has 5 nitrogen and oxygen atoms in total. The summed E-state index contributed by atoms with van der Waals surface area (Å²) in [6, 6.07) is 17.3. The Labute approximate surface area is 135 Å². The molecule has 0 atom stereocenters. The summed E-state index contributed by atoms with van der Waals surface area (Å²) in [5.41, 5.74) is 5.05.